The Bertz CT molecular complexity index is 1060. The number of rotatable bonds is 3. The second-order valence-corrected chi connectivity index (χ2v) is 8.88. The largest absolute Gasteiger partial charge is 0.325 e. The maximum absolute atomic E-state index is 13.6. The number of benzene rings is 2. The molecule has 1 saturated carbocycles. The Morgan fingerprint density at radius 2 is 1.93 bits per heavy atom. The van der Waals surface area contributed by atoms with E-state index < -0.39 is 32.7 Å². The van der Waals surface area contributed by atoms with E-state index in [-0.39, 0.29) is 16.5 Å². The van der Waals surface area contributed by atoms with Gasteiger partial charge in [-0.25, -0.2) is 12.8 Å². The summed E-state index contributed by atoms with van der Waals surface area (Å²) < 4.78 is 38.1. The van der Waals surface area contributed by atoms with Crippen molar-refractivity contribution in [3.8, 4) is 0 Å². The standard InChI is InChI=1S/C19H17FN2O4S/c20-13-4-1-3-12(9-13)19(7-2-8-19)18(24)21-14-5-6-15-16(10-14)27(25,26)11-17(23)22-15/h1,3-6,9-10H,2,7-8,11H2,(H,21,24)(H,22,23). The summed E-state index contributed by atoms with van der Waals surface area (Å²) in [6.07, 6.45) is 2.05. The van der Waals surface area contributed by atoms with E-state index in [1.807, 2.05) is 0 Å². The third-order valence-electron chi connectivity index (χ3n) is 5.19. The Morgan fingerprint density at radius 3 is 2.59 bits per heavy atom. The highest BCUT2D eigenvalue weighted by Crippen LogP contribution is 2.45. The number of carbonyl (C=O) groups is 2. The van der Waals surface area contributed by atoms with Crippen LogP contribution in [0.4, 0.5) is 15.8 Å². The monoisotopic (exact) mass is 388 g/mol. The van der Waals surface area contributed by atoms with Gasteiger partial charge in [0.05, 0.1) is 16.0 Å². The van der Waals surface area contributed by atoms with Gasteiger partial charge in [-0.1, -0.05) is 18.6 Å². The van der Waals surface area contributed by atoms with E-state index in [9.17, 15) is 22.4 Å². The summed E-state index contributed by atoms with van der Waals surface area (Å²) in [5.74, 6) is -1.90. The van der Waals surface area contributed by atoms with Crippen molar-refractivity contribution in [2.24, 2.45) is 0 Å². The van der Waals surface area contributed by atoms with Crippen LogP contribution in [0.25, 0.3) is 0 Å². The molecule has 0 radical (unpaired) electrons. The highest BCUT2D eigenvalue weighted by molar-refractivity contribution is 7.92. The lowest BCUT2D eigenvalue weighted by Crippen LogP contribution is -2.46. The fourth-order valence-corrected chi connectivity index (χ4v) is 4.94. The molecule has 2 aliphatic rings. The molecular weight excluding hydrogens is 371 g/mol. The first kappa shape index (κ1) is 17.7. The summed E-state index contributed by atoms with van der Waals surface area (Å²) in [6, 6.07) is 10.3. The minimum atomic E-state index is -3.75. The third-order valence-corrected chi connectivity index (χ3v) is 6.84. The second-order valence-electron chi connectivity index (χ2n) is 6.92. The van der Waals surface area contributed by atoms with E-state index >= 15 is 0 Å². The van der Waals surface area contributed by atoms with Gasteiger partial charge >= 0.3 is 0 Å². The van der Waals surface area contributed by atoms with Gasteiger partial charge in [0.1, 0.15) is 11.6 Å². The summed E-state index contributed by atoms with van der Waals surface area (Å²) in [5.41, 5.74) is 0.323. The Kier molecular flexibility index (Phi) is 4.03. The maximum Gasteiger partial charge on any atom is 0.239 e. The molecule has 0 saturated heterocycles. The number of anilines is 2. The predicted molar refractivity (Wildman–Crippen MR) is 97.7 cm³/mol. The molecule has 1 fully saturated rings. The van der Waals surface area contributed by atoms with Crippen molar-refractivity contribution >= 4 is 33.0 Å². The van der Waals surface area contributed by atoms with Crippen LogP contribution in [0.15, 0.2) is 47.4 Å². The molecule has 0 unspecified atom stereocenters. The fraction of sp³-hybridized carbons (Fsp3) is 0.263. The normalized spacial score (nSPS) is 19.4. The van der Waals surface area contributed by atoms with E-state index in [1.165, 1.54) is 30.3 Å². The van der Waals surface area contributed by atoms with E-state index in [4.69, 9.17) is 0 Å². The average Bonchev–Trinajstić information content (AvgIpc) is 2.54. The summed E-state index contributed by atoms with van der Waals surface area (Å²) in [6.45, 7) is 0. The van der Waals surface area contributed by atoms with Crippen LogP contribution >= 0.6 is 0 Å². The van der Waals surface area contributed by atoms with Gasteiger partial charge in [-0.3, -0.25) is 9.59 Å². The molecule has 1 aliphatic carbocycles. The summed E-state index contributed by atoms with van der Waals surface area (Å²) in [5, 5.41) is 5.27. The molecule has 8 heteroatoms. The number of hydrogen-bond acceptors (Lipinski definition) is 4. The van der Waals surface area contributed by atoms with Crippen LogP contribution in [0.1, 0.15) is 24.8 Å². The molecule has 1 heterocycles. The Hall–Kier alpha value is -2.74. The highest BCUT2D eigenvalue weighted by atomic mass is 32.2. The van der Waals surface area contributed by atoms with Crippen LogP contribution in [0, 0.1) is 5.82 Å². The molecule has 4 rings (SSSR count). The van der Waals surface area contributed by atoms with Crippen LogP contribution < -0.4 is 10.6 Å². The van der Waals surface area contributed by atoms with E-state index in [0.29, 0.717) is 24.1 Å². The predicted octanol–water partition coefficient (Wildman–Crippen LogP) is 2.61. The first-order chi connectivity index (χ1) is 12.8. The van der Waals surface area contributed by atoms with Crippen molar-refractivity contribution in [3.05, 3.63) is 53.8 Å². The van der Waals surface area contributed by atoms with E-state index in [2.05, 4.69) is 10.6 Å². The van der Waals surface area contributed by atoms with Crippen molar-refractivity contribution in [1.82, 2.24) is 0 Å². The average molecular weight is 388 g/mol. The van der Waals surface area contributed by atoms with Crippen LogP contribution in [0.2, 0.25) is 0 Å². The molecular formula is C19H17FN2O4S. The molecule has 6 nitrogen and oxygen atoms in total. The molecule has 0 aromatic heterocycles. The SMILES string of the molecule is O=C1CS(=O)(=O)c2cc(NC(=O)C3(c4cccc(F)c4)CCC3)ccc2N1. The zero-order valence-corrected chi connectivity index (χ0v) is 15.1. The maximum atomic E-state index is 13.6. The van der Waals surface area contributed by atoms with Crippen molar-refractivity contribution < 1.29 is 22.4 Å². The summed E-state index contributed by atoms with van der Waals surface area (Å²) >= 11 is 0. The van der Waals surface area contributed by atoms with Gasteiger partial charge in [-0.05, 0) is 48.7 Å². The number of sulfone groups is 1. The van der Waals surface area contributed by atoms with Gasteiger partial charge in [0.25, 0.3) is 0 Å². The quantitative estimate of drug-likeness (QED) is 0.845. The number of nitrogens with one attached hydrogen (secondary N) is 2. The van der Waals surface area contributed by atoms with Gasteiger partial charge in [0.15, 0.2) is 9.84 Å². The molecule has 0 spiro atoms. The zero-order chi connectivity index (χ0) is 19.2. The second kappa shape index (κ2) is 6.16. The summed E-state index contributed by atoms with van der Waals surface area (Å²) in [7, 11) is -3.75. The Balaban J connectivity index is 1.65. The van der Waals surface area contributed by atoms with Crippen molar-refractivity contribution in [3.63, 3.8) is 0 Å². The van der Waals surface area contributed by atoms with Crippen molar-refractivity contribution in [2.75, 3.05) is 16.4 Å². The summed E-state index contributed by atoms with van der Waals surface area (Å²) in [4.78, 5) is 24.4. The van der Waals surface area contributed by atoms with Gasteiger partial charge < -0.3 is 10.6 Å². The minimum absolute atomic E-state index is 0.0201. The number of amides is 2. The van der Waals surface area contributed by atoms with Crippen LogP contribution in [0.3, 0.4) is 0 Å². The molecule has 2 amide bonds. The zero-order valence-electron chi connectivity index (χ0n) is 14.3. The molecule has 2 N–H and O–H groups in total. The minimum Gasteiger partial charge on any atom is -0.325 e. The van der Waals surface area contributed by atoms with Crippen molar-refractivity contribution in [2.45, 2.75) is 29.6 Å². The van der Waals surface area contributed by atoms with E-state index in [0.717, 1.165) is 6.42 Å². The highest BCUT2D eigenvalue weighted by Gasteiger charge is 2.46. The molecule has 0 bridgehead atoms. The lowest BCUT2D eigenvalue weighted by Gasteiger charge is -2.40. The topological polar surface area (TPSA) is 92.3 Å². The number of hydrogen-bond donors (Lipinski definition) is 2. The molecule has 140 valence electrons. The van der Waals surface area contributed by atoms with Gasteiger partial charge in [0, 0.05) is 5.69 Å². The van der Waals surface area contributed by atoms with Gasteiger partial charge in [0.2, 0.25) is 11.8 Å². The number of halogens is 1. The van der Waals surface area contributed by atoms with Crippen LogP contribution in [0.5, 0.6) is 0 Å². The fourth-order valence-electron chi connectivity index (χ4n) is 3.61. The lowest BCUT2D eigenvalue weighted by molar-refractivity contribution is -0.124. The first-order valence-corrected chi connectivity index (χ1v) is 10.2. The van der Waals surface area contributed by atoms with Crippen LogP contribution in [-0.4, -0.2) is 26.0 Å². The molecule has 1 aliphatic heterocycles. The molecule has 2 aromatic carbocycles. The first-order valence-electron chi connectivity index (χ1n) is 8.54. The van der Waals surface area contributed by atoms with Crippen molar-refractivity contribution in [1.29, 1.82) is 0 Å². The van der Waals surface area contributed by atoms with E-state index in [1.54, 1.807) is 12.1 Å². The third kappa shape index (κ3) is 2.99. The number of carbonyl (C=O) groups excluding carboxylic acids is 2. The molecule has 0 atom stereocenters. The van der Waals surface area contributed by atoms with Gasteiger partial charge in [-0.15, -0.1) is 0 Å². The molecule has 27 heavy (non-hydrogen) atoms. The Morgan fingerprint density at radius 1 is 1.15 bits per heavy atom. The molecule has 2 aromatic rings. The van der Waals surface area contributed by atoms with Crippen LogP contribution in [-0.2, 0) is 24.8 Å². The lowest BCUT2D eigenvalue weighted by atomic mass is 9.63. The smallest absolute Gasteiger partial charge is 0.239 e. The number of fused-ring (bicyclic) bond motifs is 1. The van der Waals surface area contributed by atoms with Gasteiger partial charge in [-0.2, -0.15) is 0 Å². The Labute approximate surface area is 155 Å².